The molecule has 1 fully saturated rings. The van der Waals surface area contributed by atoms with Crippen LogP contribution in [0.4, 0.5) is 4.39 Å². The zero-order chi connectivity index (χ0) is 13.1. The first-order valence-corrected chi connectivity index (χ1v) is 5.33. The molecule has 0 saturated carbocycles. The fourth-order valence-corrected chi connectivity index (χ4v) is 1.58. The number of nitrogens with zero attached hydrogens (tertiary/aromatic N) is 1. The third kappa shape index (κ3) is 3.96. The molecule has 1 aromatic rings. The van der Waals surface area contributed by atoms with Crippen molar-refractivity contribution in [2.45, 2.75) is 18.9 Å². The molecule has 1 saturated heterocycles. The van der Waals surface area contributed by atoms with Gasteiger partial charge < -0.3 is 10.1 Å². The molecule has 5 nitrogen and oxygen atoms in total. The maximum atomic E-state index is 12.9. The summed E-state index contributed by atoms with van der Waals surface area (Å²) in [5.41, 5.74) is -0.0419. The maximum Gasteiger partial charge on any atom is 2.00 e. The molecule has 19 heavy (non-hydrogen) atoms. The van der Waals surface area contributed by atoms with Crippen LogP contribution in [-0.4, -0.2) is 23.8 Å². The van der Waals surface area contributed by atoms with Gasteiger partial charge >= 0.3 is 21.1 Å². The molecule has 0 aromatic heterocycles. The molecule has 3 amide bonds. The van der Waals surface area contributed by atoms with Crippen LogP contribution in [0, 0.1) is 11.9 Å². The van der Waals surface area contributed by atoms with Crippen molar-refractivity contribution < 1.29 is 39.8 Å². The number of hydrogen-bond acceptors (Lipinski definition) is 3. The second kappa shape index (κ2) is 6.57. The Morgan fingerprint density at radius 3 is 2.79 bits per heavy atom. The quantitative estimate of drug-likeness (QED) is 0.559. The van der Waals surface area contributed by atoms with E-state index in [2.05, 4.69) is 16.7 Å². The van der Waals surface area contributed by atoms with Crippen LogP contribution in [0.15, 0.2) is 18.2 Å². The zero-order valence-corrected chi connectivity index (χ0v) is 12.6. The van der Waals surface area contributed by atoms with Crippen molar-refractivity contribution in [3.63, 3.8) is 0 Å². The molecule has 2 rings (SSSR count). The van der Waals surface area contributed by atoms with E-state index in [0.717, 1.165) is 6.07 Å². The van der Waals surface area contributed by atoms with Crippen LogP contribution in [0.2, 0.25) is 0 Å². The van der Waals surface area contributed by atoms with Gasteiger partial charge in [0, 0.05) is 12.2 Å². The fraction of sp³-hybridized carbons (Fsp3) is 0.250. The van der Waals surface area contributed by atoms with Gasteiger partial charge in [0.25, 0.3) is 0 Å². The third-order valence-corrected chi connectivity index (χ3v) is 2.47. The predicted octanol–water partition coefficient (Wildman–Crippen LogP) is 0.942. The van der Waals surface area contributed by atoms with Crippen LogP contribution in [-0.2, 0) is 30.7 Å². The van der Waals surface area contributed by atoms with E-state index in [9.17, 15) is 18.8 Å². The van der Waals surface area contributed by atoms with Crippen LogP contribution >= 0.6 is 0 Å². The molecule has 98 valence electrons. The van der Waals surface area contributed by atoms with Crippen molar-refractivity contribution in [1.29, 1.82) is 0 Å². The number of halogens is 1. The van der Waals surface area contributed by atoms with Crippen molar-refractivity contribution in [1.82, 2.24) is 5.32 Å². The SMILES string of the molecule is O=C1CC[C@@H]([N-]C(=O)c2[c-]c(F)ccc2)C(=O)N1.[W+2]. The number of imide groups is 1. The van der Waals surface area contributed by atoms with Crippen molar-refractivity contribution in [2.24, 2.45) is 0 Å². The Labute approximate surface area is 123 Å². The molecule has 0 bridgehead atoms. The van der Waals surface area contributed by atoms with Gasteiger partial charge in [0.1, 0.15) is 0 Å². The second-order valence-electron chi connectivity index (χ2n) is 3.81. The first kappa shape index (κ1) is 15.5. The smallest absolute Gasteiger partial charge is 0.684 e. The number of benzene rings is 1. The number of carbonyl (C=O) groups is 3. The Hall–Kier alpha value is -1.55. The van der Waals surface area contributed by atoms with Gasteiger partial charge in [-0.15, -0.1) is 29.8 Å². The molecule has 1 aliphatic rings. The Bertz CT molecular complexity index is 521. The third-order valence-electron chi connectivity index (χ3n) is 2.47. The summed E-state index contributed by atoms with van der Waals surface area (Å²) >= 11 is 0. The molecule has 0 unspecified atom stereocenters. The van der Waals surface area contributed by atoms with Crippen molar-refractivity contribution in [2.75, 3.05) is 0 Å². The molecule has 0 aliphatic carbocycles. The van der Waals surface area contributed by atoms with Gasteiger partial charge in [-0.3, -0.25) is 14.9 Å². The number of carbonyl (C=O) groups excluding carboxylic acids is 3. The minimum atomic E-state index is -0.896. The van der Waals surface area contributed by atoms with E-state index >= 15 is 0 Å². The van der Waals surface area contributed by atoms with Crippen molar-refractivity contribution in [3.8, 4) is 0 Å². The van der Waals surface area contributed by atoms with Crippen LogP contribution in [0.25, 0.3) is 5.32 Å². The Kier molecular flexibility index (Phi) is 5.36. The molecule has 1 N–H and O–H groups in total. The number of amides is 3. The molecule has 1 atom stereocenters. The van der Waals surface area contributed by atoms with Gasteiger partial charge in [-0.1, -0.05) is 0 Å². The Morgan fingerprint density at radius 1 is 1.42 bits per heavy atom. The fourth-order valence-electron chi connectivity index (χ4n) is 1.58. The van der Waals surface area contributed by atoms with E-state index in [1.807, 2.05) is 0 Å². The van der Waals surface area contributed by atoms with E-state index in [-0.39, 0.29) is 45.4 Å². The van der Waals surface area contributed by atoms with Crippen molar-refractivity contribution >= 4 is 17.7 Å². The van der Waals surface area contributed by atoms with Gasteiger partial charge in [0.05, 0.1) is 0 Å². The summed E-state index contributed by atoms with van der Waals surface area (Å²) in [5.74, 6) is -2.37. The van der Waals surface area contributed by atoms with Gasteiger partial charge in [0.15, 0.2) is 0 Å². The summed E-state index contributed by atoms with van der Waals surface area (Å²) in [6, 6.07) is 5.19. The van der Waals surface area contributed by atoms with Crippen molar-refractivity contribution in [3.05, 3.63) is 41.0 Å². The monoisotopic (exact) mass is 432 g/mol. The molecule has 0 spiro atoms. The summed E-state index contributed by atoms with van der Waals surface area (Å²) in [4.78, 5) is 33.9. The summed E-state index contributed by atoms with van der Waals surface area (Å²) in [7, 11) is 0. The van der Waals surface area contributed by atoms with Crippen LogP contribution in [0.1, 0.15) is 23.2 Å². The first-order valence-electron chi connectivity index (χ1n) is 5.33. The normalized spacial score (nSPS) is 18.3. The summed E-state index contributed by atoms with van der Waals surface area (Å²) in [5, 5.41) is 5.75. The number of hydrogen-bond donors (Lipinski definition) is 1. The molecule has 1 heterocycles. The summed E-state index contributed by atoms with van der Waals surface area (Å²) in [6.45, 7) is 0. The molecule has 1 aromatic carbocycles. The van der Waals surface area contributed by atoms with Gasteiger partial charge in [-0.05, 0) is 18.4 Å². The zero-order valence-electron chi connectivity index (χ0n) is 9.68. The number of rotatable bonds is 2. The van der Waals surface area contributed by atoms with Crippen LogP contribution < -0.4 is 5.32 Å². The van der Waals surface area contributed by atoms with Gasteiger partial charge in [-0.25, -0.2) is 4.39 Å². The van der Waals surface area contributed by atoms with E-state index in [4.69, 9.17) is 0 Å². The van der Waals surface area contributed by atoms with E-state index < -0.39 is 23.7 Å². The average Bonchev–Trinajstić information content (AvgIpc) is 2.32. The van der Waals surface area contributed by atoms with E-state index in [1.54, 1.807) is 0 Å². The van der Waals surface area contributed by atoms with Gasteiger partial charge in [0.2, 0.25) is 11.8 Å². The first-order chi connectivity index (χ1) is 8.56. The summed E-state index contributed by atoms with van der Waals surface area (Å²) in [6.07, 6.45) is 0.325. The molecule has 1 aliphatic heterocycles. The average molecular weight is 432 g/mol. The second-order valence-corrected chi connectivity index (χ2v) is 3.81. The Morgan fingerprint density at radius 2 is 2.16 bits per heavy atom. The number of nitrogens with one attached hydrogen (secondary N) is 1. The van der Waals surface area contributed by atoms with E-state index in [1.165, 1.54) is 12.1 Å². The number of piperidine rings is 1. The van der Waals surface area contributed by atoms with Gasteiger partial charge in [-0.2, -0.15) is 0 Å². The van der Waals surface area contributed by atoms with Crippen LogP contribution in [0.3, 0.4) is 0 Å². The summed E-state index contributed by atoms with van der Waals surface area (Å²) < 4.78 is 12.9. The Balaban J connectivity index is 0.00000180. The molecule has 0 radical (unpaired) electrons. The predicted molar refractivity (Wildman–Crippen MR) is 59.1 cm³/mol. The minimum Gasteiger partial charge on any atom is -0.684 e. The molecular formula is C12H9FN2O3W. The topological polar surface area (TPSA) is 77.3 Å². The van der Waals surface area contributed by atoms with Crippen LogP contribution in [0.5, 0.6) is 0 Å². The largest absolute Gasteiger partial charge is 2.00 e. The molecule has 7 heteroatoms. The molecular weight excluding hydrogens is 423 g/mol. The standard InChI is InChI=1S/C12H10FN2O3.W/c13-8-3-1-2-7(6-8)11(17)14-9-4-5-10(16)15-12(9)18;/h1-3,9H,4-5H2,(H2,14,15,16,17,18);/q-1;+2/p-1/t9-;/m1./s1. The van der Waals surface area contributed by atoms with E-state index in [0.29, 0.717) is 0 Å². The minimum absolute atomic E-state index is 0. The maximum absolute atomic E-state index is 12.9.